The predicted octanol–water partition coefficient (Wildman–Crippen LogP) is 4.11. The van der Waals surface area contributed by atoms with E-state index in [9.17, 15) is 33.6 Å². The molecule has 53 heavy (non-hydrogen) atoms. The predicted molar refractivity (Wildman–Crippen MR) is 210 cm³/mol. The van der Waals surface area contributed by atoms with Gasteiger partial charge in [0.15, 0.2) is 5.12 Å². The number of carbonyl (C=O) groups is 7. The molecule has 0 unspecified atom stereocenters. The molecule has 4 atom stereocenters. The van der Waals surface area contributed by atoms with E-state index in [1.807, 2.05) is 36.4 Å². The summed E-state index contributed by atoms with van der Waals surface area (Å²) in [6.45, 7) is 1.55. The number of unbranched alkanes of at least 4 members (excludes halogenated alkanes) is 4. The van der Waals surface area contributed by atoms with Gasteiger partial charge in [0.25, 0.3) is 0 Å². The first-order valence-corrected chi connectivity index (χ1v) is 19.8. The first-order chi connectivity index (χ1) is 25.5. The van der Waals surface area contributed by atoms with Gasteiger partial charge in [0.1, 0.15) is 24.2 Å². The summed E-state index contributed by atoms with van der Waals surface area (Å²) in [5.41, 5.74) is 1.36. The van der Waals surface area contributed by atoms with Gasteiger partial charge in [0, 0.05) is 36.9 Å². The molecule has 0 aromatic heterocycles. The zero-order valence-electron chi connectivity index (χ0n) is 30.2. The molecule has 2 aromatic rings. The Balaban J connectivity index is 0.000000287. The molecule has 4 rings (SSSR count). The second-order valence-electron chi connectivity index (χ2n) is 12.9. The van der Waals surface area contributed by atoms with Crippen LogP contribution in [0.4, 0.5) is 11.4 Å². The normalized spacial score (nSPS) is 17.2. The Labute approximate surface area is 321 Å². The van der Waals surface area contributed by atoms with Crippen molar-refractivity contribution in [2.24, 2.45) is 0 Å². The summed E-state index contributed by atoms with van der Waals surface area (Å²) in [6, 6.07) is 15.8. The fraction of sp³-hybridized carbons (Fsp3) is 0.500. The molecule has 2 saturated heterocycles. The lowest BCUT2D eigenvalue weighted by molar-refractivity contribution is -0.128. The van der Waals surface area contributed by atoms with Crippen LogP contribution < -0.4 is 31.9 Å². The number of thiol groups is 1. The Morgan fingerprint density at radius 1 is 0.679 bits per heavy atom. The van der Waals surface area contributed by atoms with Gasteiger partial charge in [-0.1, -0.05) is 73.8 Å². The molecule has 0 spiro atoms. The van der Waals surface area contributed by atoms with Gasteiger partial charge in [-0.2, -0.15) is 12.6 Å². The van der Waals surface area contributed by atoms with E-state index in [0.29, 0.717) is 49.9 Å². The van der Waals surface area contributed by atoms with Crippen LogP contribution in [0, 0.1) is 0 Å². The van der Waals surface area contributed by atoms with Crippen LogP contribution in [-0.4, -0.2) is 76.2 Å². The molecule has 2 fully saturated rings. The van der Waals surface area contributed by atoms with Crippen molar-refractivity contribution in [2.75, 3.05) is 22.1 Å². The second kappa shape index (κ2) is 24.0. The van der Waals surface area contributed by atoms with E-state index < -0.39 is 24.2 Å². The van der Waals surface area contributed by atoms with Crippen molar-refractivity contribution in [3.8, 4) is 0 Å². The minimum Gasteiger partial charge on any atom is -0.344 e. The highest BCUT2D eigenvalue weighted by molar-refractivity contribution is 8.13. The van der Waals surface area contributed by atoms with Gasteiger partial charge in [-0.05, 0) is 68.5 Å². The molecule has 288 valence electrons. The number of hydrogen-bond acceptors (Lipinski definition) is 9. The molecule has 2 aromatic carbocycles. The highest BCUT2D eigenvalue weighted by Gasteiger charge is 2.31. The first-order valence-electron chi connectivity index (χ1n) is 18.2. The number of amides is 6. The van der Waals surface area contributed by atoms with Crippen molar-refractivity contribution >= 4 is 76.3 Å². The van der Waals surface area contributed by atoms with Gasteiger partial charge in [-0.15, -0.1) is 0 Å². The third kappa shape index (κ3) is 16.9. The molecule has 0 bridgehead atoms. The number of rotatable bonds is 19. The van der Waals surface area contributed by atoms with Crippen molar-refractivity contribution in [3.05, 3.63) is 60.7 Å². The largest absolute Gasteiger partial charge is 0.344 e. The zero-order chi connectivity index (χ0) is 38.4. The molecule has 2 aliphatic rings. The number of hydrogen-bond donors (Lipinski definition) is 7. The number of para-hydroxylation sites is 2. The fourth-order valence-corrected chi connectivity index (χ4v) is 6.55. The van der Waals surface area contributed by atoms with Gasteiger partial charge in [-0.25, -0.2) is 0 Å². The molecule has 0 saturated carbocycles. The smallest absolute Gasteiger partial charge is 0.246 e. The molecule has 0 radical (unpaired) electrons. The van der Waals surface area contributed by atoms with Crippen LogP contribution in [0.15, 0.2) is 60.7 Å². The average molecular weight is 769 g/mol. The lowest BCUT2D eigenvalue weighted by Gasteiger charge is -2.20. The third-order valence-electron chi connectivity index (χ3n) is 8.57. The molecule has 2 aliphatic heterocycles. The van der Waals surface area contributed by atoms with Gasteiger partial charge in [0.2, 0.25) is 35.4 Å². The third-order valence-corrected chi connectivity index (χ3v) is 9.78. The maximum absolute atomic E-state index is 12.7. The molecular weight excluding hydrogens is 717 g/mol. The highest BCUT2D eigenvalue weighted by atomic mass is 32.2. The van der Waals surface area contributed by atoms with Gasteiger partial charge in [0.05, 0.1) is 0 Å². The molecular formula is C38H52N6O7S2. The van der Waals surface area contributed by atoms with Gasteiger partial charge < -0.3 is 31.9 Å². The summed E-state index contributed by atoms with van der Waals surface area (Å²) in [6.07, 6.45) is 7.89. The van der Waals surface area contributed by atoms with Crippen molar-refractivity contribution in [2.45, 2.75) is 108 Å². The van der Waals surface area contributed by atoms with Crippen LogP contribution in [0.5, 0.6) is 0 Å². The van der Waals surface area contributed by atoms with Crippen LogP contribution in [-0.2, 0) is 33.6 Å². The molecule has 6 amide bonds. The van der Waals surface area contributed by atoms with Gasteiger partial charge >= 0.3 is 0 Å². The zero-order valence-corrected chi connectivity index (χ0v) is 31.9. The lowest BCUT2D eigenvalue weighted by Crippen LogP contribution is -2.50. The van der Waals surface area contributed by atoms with E-state index in [4.69, 9.17) is 0 Å². The summed E-state index contributed by atoms with van der Waals surface area (Å²) in [7, 11) is 0. The Hall–Kier alpha value is -4.37. The average Bonchev–Trinajstić information content (AvgIpc) is 3.79. The van der Waals surface area contributed by atoms with Crippen molar-refractivity contribution < 1.29 is 33.6 Å². The Bertz CT molecular complexity index is 1510. The summed E-state index contributed by atoms with van der Waals surface area (Å²) in [5, 5.41) is 16.6. The topological polar surface area (TPSA) is 192 Å². The standard InChI is InChI=1S/C20H27N3O4S.C18H25N3O3S/c1-14(24)28-13-7-3-6-10-16(19(26)21-15-8-4-2-5-9-15)23-20(27)17-11-12-18(25)22-17;22-16-11-10-15(20-16)18(24)21-14(9-5-2-6-12-25)17(23)19-13-7-3-1-4-8-13/h2,4-5,8-9,16-17H,3,6-7,10-13H2,1H3,(H,21,26)(H,22,25)(H,23,27);1,3-4,7-8,14-15,25H,2,5-6,9-12H2,(H,19,23)(H,20,22)(H,21,24)/t16-,17+;14-,15+/m00/s1. The van der Waals surface area contributed by atoms with E-state index in [-0.39, 0.29) is 40.6 Å². The molecule has 13 nitrogen and oxygen atoms in total. The molecule has 15 heteroatoms. The van der Waals surface area contributed by atoms with Crippen molar-refractivity contribution in [1.29, 1.82) is 0 Å². The van der Waals surface area contributed by atoms with Crippen molar-refractivity contribution in [3.63, 3.8) is 0 Å². The first kappa shape index (κ1) is 43.0. The number of thioether (sulfide) groups is 1. The van der Waals surface area contributed by atoms with Crippen LogP contribution in [0.25, 0.3) is 0 Å². The summed E-state index contributed by atoms with van der Waals surface area (Å²) < 4.78 is 0. The molecule has 6 N–H and O–H groups in total. The summed E-state index contributed by atoms with van der Waals surface area (Å²) >= 11 is 5.48. The maximum atomic E-state index is 12.7. The van der Waals surface area contributed by atoms with Gasteiger partial charge in [-0.3, -0.25) is 33.6 Å². The summed E-state index contributed by atoms with van der Waals surface area (Å²) in [5.74, 6) is 0.154. The minimum absolute atomic E-state index is 0.103. The van der Waals surface area contributed by atoms with Crippen LogP contribution in [0.3, 0.4) is 0 Å². The maximum Gasteiger partial charge on any atom is 0.246 e. The van der Waals surface area contributed by atoms with E-state index >= 15 is 0 Å². The molecule has 2 heterocycles. The monoisotopic (exact) mass is 768 g/mol. The number of carbonyl (C=O) groups excluding carboxylic acids is 7. The number of nitrogens with one attached hydrogen (secondary N) is 6. The summed E-state index contributed by atoms with van der Waals surface area (Å²) in [4.78, 5) is 83.6. The van der Waals surface area contributed by atoms with Crippen molar-refractivity contribution in [1.82, 2.24) is 21.3 Å². The lowest BCUT2D eigenvalue weighted by atomic mass is 10.1. The van der Waals surface area contributed by atoms with E-state index in [1.165, 1.54) is 11.8 Å². The van der Waals surface area contributed by atoms with E-state index in [1.54, 1.807) is 31.2 Å². The number of anilines is 2. The second-order valence-corrected chi connectivity index (χ2v) is 14.6. The van der Waals surface area contributed by atoms with E-state index in [0.717, 1.165) is 50.0 Å². The van der Waals surface area contributed by atoms with E-state index in [2.05, 4.69) is 44.5 Å². The quantitative estimate of drug-likeness (QED) is 0.0821. The molecule has 0 aliphatic carbocycles. The Kier molecular flexibility index (Phi) is 19.5. The SMILES string of the molecule is CC(=O)SCCCCC[C@H](NC(=O)[C@H]1CCC(=O)N1)C(=O)Nc1ccccc1.O=C1CC[C@H](C(=O)N[C@@H](CCCCCS)C(=O)Nc2ccccc2)N1. The van der Waals surface area contributed by atoms with Crippen LogP contribution in [0.2, 0.25) is 0 Å². The van der Waals surface area contributed by atoms with Crippen LogP contribution >= 0.6 is 24.4 Å². The Morgan fingerprint density at radius 3 is 1.49 bits per heavy atom. The van der Waals surface area contributed by atoms with Crippen LogP contribution in [0.1, 0.15) is 84.0 Å². The number of benzene rings is 2. The Morgan fingerprint density at radius 2 is 1.11 bits per heavy atom. The highest BCUT2D eigenvalue weighted by Crippen LogP contribution is 2.15. The minimum atomic E-state index is -0.675. The fourth-order valence-electron chi connectivity index (χ4n) is 5.69.